The molecule has 0 unspecified atom stereocenters. The maximum absolute atomic E-state index is 5.24. The van der Waals surface area contributed by atoms with Gasteiger partial charge in [0.15, 0.2) is 10.2 Å². The fourth-order valence-electron chi connectivity index (χ4n) is 2.38. The minimum atomic E-state index is 0. The number of nitrogens with zero attached hydrogens (tertiary/aromatic N) is 2. The Morgan fingerprint density at radius 3 is 1.32 bits per heavy atom. The quantitative estimate of drug-likeness (QED) is 0.133. The maximum Gasteiger partial charge on any atom is 0.178 e. The van der Waals surface area contributed by atoms with Crippen LogP contribution in [0.25, 0.3) is 0 Å². The maximum atomic E-state index is 5.24. The molecule has 0 bridgehead atoms. The van der Waals surface area contributed by atoms with Crippen LogP contribution in [0.5, 0.6) is 0 Å². The van der Waals surface area contributed by atoms with Gasteiger partial charge in [-0.1, -0.05) is 0 Å². The van der Waals surface area contributed by atoms with E-state index in [0.717, 1.165) is 78.8 Å². The largest absolute Gasteiger partial charge is 0.379 e. The van der Waals surface area contributed by atoms with Gasteiger partial charge in [0, 0.05) is 52.4 Å². The number of hydrazine groups is 2. The molecule has 2 fully saturated rings. The summed E-state index contributed by atoms with van der Waals surface area (Å²) in [5.74, 6) is 0. The van der Waals surface area contributed by atoms with Crippen LogP contribution < -0.4 is 33.2 Å². The smallest absolute Gasteiger partial charge is 0.178 e. The minimum absolute atomic E-state index is 0. The van der Waals surface area contributed by atoms with Crippen LogP contribution in [0.4, 0.5) is 0 Å². The molecule has 0 saturated carbocycles. The van der Waals surface area contributed by atoms with Crippen LogP contribution in [-0.4, -0.2) is 98.8 Å². The van der Waals surface area contributed by atoms with E-state index in [9.17, 15) is 0 Å². The van der Waals surface area contributed by atoms with Crippen LogP contribution in [0.3, 0.4) is 0 Å². The average Bonchev–Trinajstić information content (AvgIpc) is 2.64. The van der Waals surface area contributed by atoms with Crippen LogP contribution >= 0.6 is 49.2 Å². The fraction of sp³-hybridized carbons (Fsp3) is 0.857. The van der Waals surface area contributed by atoms with E-state index >= 15 is 0 Å². The lowest BCUT2D eigenvalue weighted by Gasteiger charge is -2.26. The first-order chi connectivity index (χ1) is 12.6. The molecule has 10 nitrogen and oxygen atoms in total. The van der Waals surface area contributed by atoms with E-state index in [1.54, 1.807) is 0 Å². The van der Waals surface area contributed by atoms with E-state index in [-0.39, 0.29) is 35.0 Å². The van der Waals surface area contributed by atoms with Crippen LogP contribution in [-0.2, 0) is 9.47 Å². The zero-order chi connectivity index (χ0) is 19.0. The lowest BCUT2D eigenvalue weighted by atomic mass is 10.4. The molecular weight excluding hydrogens is 447 g/mol. The molecule has 0 aliphatic carbocycles. The predicted molar refractivity (Wildman–Crippen MR) is 125 cm³/mol. The molecule has 2 aliphatic heterocycles. The lowest BCUT2D eigenvalue weighted by molar-refractivity contribution is 0.0382. The van der Waals surface area contributed by atoms with Crippen molar-refractivity contribution >= 4 is 59.5 Å². The van der Waals surface area contributed by atoms with Gasteiger partial charge in [-0.25, -0.2) is 10.9 Å². The van der Waals surface area contributed by atoms with Gasteiger partial charge in [0.1, 0.15) is 0 Å². The number of nitrogens with two attached hydrogens (primary N) is 2. The van der Waals surface area contributed by atoms with E-state index in [4.69, 9.17) is 20.9 Å². The predicted octanol–water partition coefficient (Wildman–Crippen LogP) is -1.84. The van der Waals surface area contributed by atoms with E-state index in [0.29, 0.717) is 0 Å². The number of morpholine rings is 2. The molecule has 8 N–H and O–H groups in total. The summed E-state index contributed by atoms with van der Waals surface area (Å²) < 4.78 is 10.5. The minimum Gasteiger partial charge on any atom is -0.379 e. The van der Waals surface area contributed by atoms with E-state index in [2.05, 4.69) is 55.9 Å². The number of halogens is 2. The zero-order valence-electron chi connectivity index (χ0n) is 16.0. The Morgan fingerprint density at radius 1 is 0.714 bits per heavy atom. The van der Waals surface area contributed by atoms with Crippen LogP contribution in [0.2, 0.25) is 0 Å². The number of nitrogens with one attached hydrogen (secondary N) is 4. The SMILES string of the molecule is Cl.Cl.NC(=S)NNCCN1CCOCC1.NC(=S)NNCCN1CCOCC1. The Morgan fingerprint density at radius 2 is 1.04 bits per heavy atom. The molecule has 0 atom stereocenters. The second kappa shape index (κ2) is 20.0. The van der Waals surface area contributed by atoms with Gasteiger partial charge in [-0.15, -0.1) is 24.8 Å². The Balaban J connectivity index is 0. The monoisotopic (exact) mass is 480 g/mol. The van der Waals surface area contributed by atoms with E-state index in [1.807, 2.05) is 0 Å². The topological polar surface area (TPSA) is 125 Å². The number of hydrogen-bond donors (Lipinski definition) is 6. The summed E-state index contributed by atoms with van der Waals surface area (Å²) in [6.07, 6.45) is 0. The molecule has 0 aromatic rings. The number of ether oxygens (including phenoxy) is 2. The normalized spacial score (nSPS) is 17.1. The Labute approximate surface area is 190 Å². The third-order valence-corrected chi connectivity index (χ3v) is 3.94. The Kier molecular flexibility index (Phi) is 21.4. The van der Waals surface area contributed by atoms with Crippen molar-refractivity contribution in [2.24, 2.45) is 11.5 Å². The van der Waals surface area contributed by atoms with Crippen molar-refractivity contribution in [3.8, 4) is 0 Å². The fourth-order valence-corrected chi connectivity index (χ4v) is 2.52. The molecule has 14 heteroatoms. The van der Waals surface area contributed by atoms with Crippen molar-refractivity contribution in [1.82, 2.24) is 31.5 Å². The van der Waals surface area contributed by atoms with Crippen molar-refractivity contribution in [2.45, 2.75) is 0 Å². The summed E-state index contributed by atoms with van der Waals surface area (Å²) in [5.41, 5.74) is 21.7. The number of thiocarbonyl (C=S) groups is 2. The molecular formula is C14H34Cl2N8O2S2. The van der Waals surface area contributed by atoms with Crippen molar-refractivity contribution in [2.75, 3.05) is 78.8 Å². The highest BCUT2D eigenvalue weighted by Crippen LogP contribution is 1.95. The van der Waals surface area contributed by atoms with E-state index in [1.165, 1.54) is 0 Å². The van der Waals surface area contributed by atoms with Gasteiger partial charge in [0.2, 0.25) is 0 Å². The summed E-state index contributed by atoms with van der Waals surface area (Å²) in [6, 6.07) is 0. The third-order valence-electron chi connectivity index (χ3n) is 3.74. The highest BCUT2D eigenvalue weighted by Gasteiger charge is 2.09. The van der Waals surface area contributed by atoms with E-state index < -0.39 is 0 Å². The van der Waals surface area contributed by atoms with Gasteiger partial charge < -0.3 is 20.9 Å². The Hall–Kier alpha value is -0.280. The van der Waals surface area contributed by atoms with Gasteiger partial charge in [-0.2, -0.15) is 0 Å². The molecule has 168 valence electrons. The first kappa shape index (κ1) is 29.9. The second-order valence-corrected chi connectivity index (χ2v) is 6.62. The zero-order valence-corrected chi connectivity index (χ0v) is 19.2. The van der Waals surface area contributed by atoms with Crippen LogP contribution in [0.1, 0.15) is 0 Å². The summed E-state index contributed by atoms with van der Waals surface area (Å²) in [6.45, 7) is 11.0. The highest BCUT2D eigenvalue weighted by molar-refractivity contribution is 7.80. The highest BCUT2D eigenvalue weighted by atomic mass is 35.5. The van der Waals surface area contributed by atoms with Gasteiger partial charge >= 0.3 is 0 Å². The molecule has 0 aromatic carbocycles. The molecule has 0 spiro atoms. The van der Waals surface area contributed by atoms with Crippen molar-refractivity contribution in [3.63, 3.8) is 0 Å². The summed E-state index contributed by atoms with van der Waals surface area (Å²) in [7, 11) is 0. The standard InChI is InChI=1S/2C7H16N4OS.2ClH/c2*8-7(13)10-9-1-2-11-3-5-12-6-4-11;;/h2*9H,1-6H2,(H3,8,10,13);2*1H. The van der Waals surface area contributed by atoms with Crippen molar-refractivity contribution < 1.29 is 9.47 Å². The first-order valence-electron chi connectivity index (χ1n) is 8.74. The Bertz CT molecular complexity index is 368. The molecule has 2 saturated heterocycles. The van der Waals surface area contributed by atoms with Gasteiger partial charge in [-0.3, -0.25) is 20.7 Å². The van der Waals surface area contributed by atoms with Gasteiger partial charge in [-0.05, 0) is 24.4 Å². The molecule has 2 aliphatic rings. The summed E-state index contributed by atoms with van der Waals surface area (Å²) >= 11 is 9.27. The number of rotatable bonds is 8. The lowest BCUT2D eigenvalue weighted by Crippen LogP contribution is -2.46. The molecule has 0 aromatic heterocycles. The molecule has 2 rings (SSSR count). The van der Waals surface area contributed by atoms with Crippen LogP contribution in [0, 0.1) is 0 Å². The third kappa shape index (κ3) is 17.8. The molecule has 2 heterocycles. The average molecular weight is 482 g/mol. The van der Waals surface area contributed by atoms with Gasteiger partial charge in [0.25, 0.3) is 0 Å². The summed E-state index contributed by atoms with van der Waals surface area (Å²) in [4.78, 5) is 4.66. The molecule has 0 amide bonds. The van der Waals surface area contributed by atoms with Gasteiger partial charge in [0.05, 0.1) is 26.4 Å². The first-order valence-corrected chi connectivity index (χ1v) is 9.56. The number of hydrogen-bond acceptors (Lipinski definition) is 8. The molecule has 28 heavy (non-hydrogen) atoms. The second-order valence-electron chi connectivity index (χ2n) is 5.74. The van der Waals surface area contributed by atoms with Crippen LogP contribution in [0.15, 0.2) is 0 Å². The molecule has 0 radical (unpaired) electrons. The van der Waals surface area contributed by atoms with Crippen molar-refractivity contribution in [1.29, 1.82) is 0 Å². The summed E-state index contributed by atoms with van der Waals surface area (Å²) in [5, 5.41) is 0.559. The van der Waals surface area contributed by atoms with Crippen molar-refractivity contribution in [3.05, 3.63) is 0 Å².